The predicted molar refractivity (Wildman–Crippen MR) is 132 cm³/mol. The van der Waals surface area contributed by atoms with E-state index in [1.165, 1.54) is 26.6 Å². The van der Waals surface area contributed by atoms with Gasteiger partial charge in [0.15, 0.2) is 21.5 Å². The zero-order valence-electron chi connectivity index (χ0n) is 20.5. The smallest absolute Gasteiger partial charge is 0.213 e. The minimum atomic E-state index is -3.79. The van der Waals surface area contributed by atoms with Gasteiger partial charge in [-0.2, -0.15) is 0 Å². The van der Waals surface area contributed by atoms with Gasteiger partial charge in [-0.05, 0) is 32.8 Å². The van der Waals surface area contributed by atoms with E-state index in [1.54, 1.807) is 25.1 Å². The molecule has 4 atom stereocenters. The third kappa shape index (κ3) is 5.51. The van der Waals surface area contributed by atoms with E-state index in [0.29, 0.717) is 29.0 Å². The van der Waals surface area contributed by atoms with Gasteiger partial charge in [-0.1, -0.05) is 17.7 Å². The fraction of sp³-hybridized carbons (Fsp3) is 0.522. The number of halogens is 1. The van der Waals surface area contributed by atoms with Crippen LogP contribution in [-0.4, -0.2) is 70.3 Å². The molecular formula is C23H29ClN6O5S. The summed E-state index contributed by atoms with van der Waals surface area (Å²) in [6.45, 7) is 4.20. The lowest BCUT2D eigenvalue weighted by molar-refractivity contribution is 0.0728. The highest BCUT2D eigenvalue weighted by molar-refractivity contribution is 7.91. The van der Waals surface area contributed by atoms with E-state index >= 15 is 0 Å². The van der Waals surface area contributed by atoms with Gasteiger partial charge in [-0.25, -0.2) is 23.4 Å². The number of ether oxygens (including phenoxy) is 3. The van der Waals surface area contributed by atoms with E-state index < -0.39 is 21.2 Å². The first-order valence-electron chi connectivity index (χ1n) is 11.5. The molecule has 36 heavy (non-hydrogen) atoms. The lowest BCUT2D eigenvalue weighted by atomic mass is 10.1. The van der Waals surface area contributed by atoms with Crippen LogP contribution in [0.2, 0.25) is 5.02 Å². The summed E-state index contributed by atoms with van der Waals surface area (Å²) in [4.78, 5) is 12.8. The summed E-state index contributed by atoms with van der Waals surface area (Å²) < 4.78 is 45.6. The van der Waals surface area contributed by atoms with Crippen molar-refractivity contribution in [2.24, 2.45) is 0 Å². The fourth-order valence-electron chi connectivity index (χ4n) is 4.30. The second-order valence-electron chi connectivity index (χ2n) is 8.60. The highest BCUT2D eigenvalue weighted by Gasteiger charge is 2.36. The van der Waals surface area contributed by atoms with Gasteiger partial charge in [0, 0.05) is 32.2 Å². The number of pyridine rings is 1. The van der Waals surface area contributed by atoms with Crippen molar-refractivity contribution in [2.45, 2.75) is 55.9 Å². The number of methoxy groups -OCH3 is 2. The van der Waals surface area contributed by atoms with Crippen LogP contribution in [0.1, 0.15) is 50.5 Å². The Labute approximate surface area is 215 Å². The van der Waals surface area contributed by atoms with E-state index in [0.717, 1.165) is 12.8 Å². The molecule has 11 nitrogen and oxygen atoms in total. The molecule has 0 radical (unpaired) electrons. The van der Waals surface area contributed by atoms with Crippen molar-refractivity contribution in [1.29, 1.82) is 0 Å². The van der Waals surface area contributed by atoms with Crippen LogP contribution in [0.5, 0.6) is 5.88 Å². The molecule has 0 saturated carbocycles. The molecule has 3 aromatic rings. The summed E-state index contributed by atoms with van der Waals surface area (Å²) in [5.41, 5.74) is 0.521. The Morgan fingerprint density at radius 2 is 1.94 bits per heavy atom. The number of rotatable bonds is 10. The zero-order valence-corrected chi connectivity index (χ0v) is 22.1. The number of hydrogen-bond acceptors (Lipinski definition) is 10. The monoisotopic (exact) mass is 536 g/mol. The minimum absolute atomic E-state index is 0.0987. The molecule has 1 fully saturated rings. The Kier molecular flexibility index (Phi) is 8.18. The molecule has 1 unspecified atom stereocenters. The van der Waals surface area contributed by atoms with Gasteiger partial charge in [0.2, 0.25) is 5.88 Å². The summed E-state index contributed by atoms with van der Waals surface area (Å²) in [5, 5.41) is 8.00. The zero-order chi connectivity index (χ0) is 25.9. The maximum Gasteiger partial charge on any atom is 0.213 e. The van der Waals surface area contributed by atoms with Crippen molar-refractivity contribution in [3.8, 4) is 17.4 Å². The quantitative estimate of drug-likeness (QED) is 0.380. The summed E-state index contributed by atoms with van der Waals surface area (Å²) in [6, 6.07) is 5.09. The normalized spacial score (nSPS) is 18.6. The molecule has 1 saturated heterocycles. The molecule has 1 aliphatic rings. The van der Waals surface area contributed by atoms with Crippen LogP contribution in [0.15, 0.2) is 30.6 Å². The molecule has 3 aromatic heterocycles. The van der Waals surface area contributed by atoms with Gasteiger partial charge in [-0.15, -0.1) is 10.2 Å². The van der Waals surface area contributed by atoms with Crippen LogP contribution < -0.4 is 4.74 Å². The maximum absolute atomic E-state index is 13.6. The molecule has 4 heterocycles. The lowest BCUT2D eigenvalue weighted by Gasteiger charge is -2.25. The molecule has 0 aromatic carbocycles. The standard InChI is InChI=1S/C23H29ClN6O5S/c1-14(18-8-6-10-35-18)30-19(28-29-23(30)17-7-5-9-20(27-17)33-3)13-36(31,32)15(2)21(34-4)22-25-11-16(24)12-26-22/h5,7,9,11-12,14-15,18,21H,6,8,10,13H2,1-4H3/t14-,15-,18?,21-/m0/s1. The van der Waals surface area contributed by atoms with Crippen LogP contribution in [0.4, 0.5) is 0 Å². The predicted octanol–water partition coefficient (Wildman–Crippen LogP) is 3.22. The largest absolute Gasteiger partial charge is 0.481 e. The highest BCUT2D eigenvalue weighted by atomic mass is 35.5. The first-order valence-corrected chi connectivity index (χ1v) is 13.6. The second kappa shape index (κ2) is 11.2. The van der Waals surface area contributed by atoms with Crippen molar-refractivity contribution >= 4 is 21.4 Å². The molecule has 1 aliphatic heterocycles. The number of hydrogen-bond donors (Lipinski definition) is 0. The molecule has 0 amide bonds. The van der Waals surface area contributed by atoms with E-state index in [1.807, 2.05) is 11.5 Å². The molecular weight excluding hydrogens is 508 g/mol. The second-order valence-corrected chi connectivity index (χ2v) is 11.4. The minimum Gasteiger partial charge on any atom is -0.481 e. The van der Waals surface area contributed by atoms with Crippen molar-refractivity contribution in [3.63, 3.8) is 0 Å². The lowest BCUT2D eigenvalue weighted by Crippen LogP contribution is -2.31. The number of sulfone groups is 1. The number of aromatic nitrogens is 6. The third-order valence-corrected chi connectivity index (χ3v) is 8.55. The average Bonchev–Trinajstić information content (AvgIpc) is 3.55. The van der Waals surface area contributed by atoms with Crippen LogP contribution in [0.3, 0.4) is 0 Å². The van der Waals surface area contributed by atoms with Crippen molar-refractivity contribution < 1.29 is 22.6 Å². The Morgan fingerprint density at radius 1 is 1.19 bits per heavy atom. The van der Waals surface area contributed by atoms with E-state index in [2.05, 4.69) is 25.1 Å². The summed E-state index contributed by atoms with van der Waals surface area (Å²) >= 11 is 5.88. The Bertz CT molecular complexity index is 1280. The third-order valence-electron chi connectivity index (χ3n) is 6.31. The van der Waals surface area contributed by atoms with Gasteiger partial charge in [0.05, 0.1) is 29.5 Å². The summed E-state index contributed by atoms with van der Waals surface area (Å²) in [7, 11) is -0.842. The fourth-order valence-corrected chi connectivity index (χ4v) is 5.83. The first-order chi connectivity index (χ1) is 17.2. The van der Waals surface area contributed by atoms with Crippen LogP contribution in [0, 0.1) is 0 Å². The summed E-state index contributed by atoms with van der Waals surface area (Å²) in [6.07, 6.45) is 3.61. The molecule has 0 spiro atoms. The van der Waals surface area contributed by atoms with Gasteiger partial charge < -0.3 is 18.8 Å². The van der Waals surface area contributed by atoms with Crippen LogP contribution in [0.25, 0.3) is 11.5 Å². The van der Waals surface area contributed by atoms with E-state index in [9.17, 15) is 8.42 Å². The van der Waals surface area contributed by atoms with Crippen molar-refractivity contribution in [3.05, 3.63) is 47.3 Å². The van der Waals surface area contributed by atoms with Crippen LogP contribution >= 0.6 is 11.6 Å². The molecule has 13 heteroatoms. The van der Waals surface area contributed by atoms with Crippen molar-refractivity contribution in [2.75, 3.05) is 20.8 Å². The summed E-state index contributed by atoms with van der Waals surface area (Å²) in [5.74, 6) is 1.01. The Hall–Kier alpha value is -2.67. The van der Waals surface area contributed by atoms with Crippen molar-refractivity contribution in [1.82, 2.24) is 29.7 Å². The van der Waals surface area contributed by atoms with Gasteiger partial charge in [0.1, 0.15) is 23.4 Å². The molecule has 194 valence electrons. The molecule has 0 N–H and O–H groups in total. The van der Waals surface area contributed by atoms with Gasteiger partial charge >= 0.3 is 0 Å². The highest BCUT2D eigenvalue weighted by Crippen LogP contribution is 2.32. The molecule has 0 aliphatic carbocycles. The molecule has 0 bridgehead atoms. The molecule has 4 rings (SSSR count). The topological polar surface area (TPSA) is 131 Å². The SMILES string of the molecule is COc1cccc(-c2nnc(CS(=O)(=O)[C@@H](C)[C@H](OC)c3ncc(Cl)cn3)n2[C@@H](C)C2CCCO2)n1. The average molecular weight is 537 g/mol. The van der Waals surface area contributed by atoms with Crippen LogP contribution in [-0.2, 0) is 25.1 Å². The Morgan fingerprint density at radius 3 is 2.58 bits per heavy atom. The van der Waals surface area contributed by atoms with E-state index in [-0.39, 0.29) is 29.5 Å². The van der Waals surface area contributed by atoms with Gasteiger partial charge in [0.25, 0.3) is 0 Å². The van der Waals surface area contributed by atoms with Gasteiger partial charge in [-0.3, -0.25) is 0 Å². The first kappa shape index (κ1) is 26.4. The Balaban J connectivity index is 1.70. The van der Waals surface area contributed by atoms with E-state index in [4.69, 9.17) is 25.8 Å². The maximum atomic E-state index is 13.6. The number of nitrogens with zero attached hydrogens (tertiary/aromatic N) is 6.